The Morgan fingerprint density at radius 1 is 1.12 bits per heavy atom. The number of hydrogen-bond donors (Lipinski definition) is 0. The molecule has 4 nitrogen and oxygen atoms in total. The normalized spacial score (nSPS) is 21.0. The minimum atomic E-state index is 0.0473. The molecule has 2 fully saturated rings. The van der Waals surface area contributed by atoms with Crippen LogP contribution >= 0.6 is 12.2 Å². The van der Waals surface area contributed by atoms with Gasteiger partial charge in [0.15, 0.2) is 5.11 Å². The van der Waals surface area contributed by atoms with Gasteiger partial charge in [-0.3, -0.25) is 9.69 Å². The Labute approximate surface area is 149 Å². The SMILES string of the molecule is CN1C(=S)N(C2CCCCC2)C(=O)C1=Cc1ccc(N(C)C)cc1. The number of carbonyl (C=O) groups is 1. The van der Waals surface area contributed by atoms with E-state index < -0.39 is 0 Å². The summed E-state index contributed by atoms with van der Waals surface area (Å²) in [5.74, 6) is 0.0473. The smallest absolute Gasteiger partial charge is 0.277 e. The van der Waals surface area contributed by atoms with Crippen molar-refractivity contribution in [3.63, 3.8) is 0 Å². The second-order valence-electron chi connectivity index (χ2n) is 6.82. The molecule has 0 N–H and O–H groups in total. The minimum absolute atomic E-state index is 0.0473. The summed E-state index contributed by atoms with van der Waals surface area (Å²) in [4.78, 5) is 18.7. The number of rotatable bonds is 3. The molecule has 0 radical (unpaired) electrons. The van der Waals surface area contributed by atoms with E-state index >= 15 is 0 Å². The van der Waals surface area contributed by atoms with Crippen LogP contribution < -0.4 is 4.90 Å². The first kappa shape index (κ1) is 17.0. The molecule has 0 bridgehead atoms. The van der Waals surface area contributed by atoms with Crippen molar-refractivity contribution in [2.45, 2.75) is 38.1 Å². The zero-order valence-electron chi connectivity index (χ0n) is 14.7. The lowest BCUT2D eigenvalue weighted by Crippen LogP contribution is -2.41. The molecule has 0 aromatic heterocycles. The van der Waals surface area contributed by atoms with Crippen LogP contribution in [-0.2, 0) is 4.79 Å². The van der Waals surface area contributed by atoms with Crippen LogP contribution in [0.25, 0.3) is 6.08 Å². The second kappa shape index (κ2) is 6.93. The van der Waals surface area contributed by atoms with Gasteiger partial charge in [-0.2, -0.15) is 0 Å². The third-order valence-corrected chi connectivity index (χ3v) is 5.42. The summed E-state index contributed by atoms with van der Waals surface area (Å²) in [6.07, 6.45) is 7.70. The van der Waals surface area contributed by atoms with Crippen molar-refractivity contribution in [1.82, 2.24) is 9.80 Å². The summed E-state index contributed by atoms with van der Waals surface area (Å²) < 4.78 is 0. The van der Waals surface area contributed by atoms with E-state index in [1.807, 2.05) is 49.2 Å². The maximum atomic E-state index is 12.9. The molecule has 1 saturated heterocycles. The standard InChI is InChI=1S/C19H25N3OS/c1-20(2)15-11-9-14(10-12-15)13-17-18(23)22(19(24)21(17)3)16-7-5-4-6-8-16/h9-13,16H,4-8H2,1-3H3. The van der Waals surface area contributed by atoms with E-state index in [1.165, 1.54) is 19.3 Å². The van der Waals surface area contributed by atoms with Gasteiger partial charge in [-0.05, 0) is 48.8 Å². The molecule has 0 atom stereocenters. The highest BCUT2D eigenvalue weighted by atomic mass is 32.1. The largest absolute Gasteiger partial charge is 0.378 e. The fourth-order valence-electron chi connectivity index (χ4n) is 3.46. The summed E-state index contributed by atoms with van der Waals surface area (Å²) in [6.45, 7) is 0. The molecule has 1 aliphatic carbocycles. The van der Waals surface area contributed by atoms with Crippen LogP contribution in [0.15, 0.2) is 30.0 Å². The molecule has 1 aromatic carbocycles. The molecule has 1 aromatic rings. The van der Waals surface area contributed by atoms with E-state index in [0.717, 1.165) is 24.1 Å². The van der Waals surface area contributed by atoms with E-state index in [1.54, 1.807) is 0 Å². The highest BCUT2D eigenvalue weighted by Gasteiger charge is 2.40. The molecule has 128 valence electrons. The van der Waals surface area contributed by atoms with Crippen molar-refractivity contribution in [3.8, 4) is 0 Å². The fourth-order valence-corrected chi connectivity index (χ4v) is 3.80. The maximum absolute atomic E-state index is 12.9. The third kappa shape index (κ3) is 3.18. The number of amides is 1. The van der Waals surface area contributed by atoms with Gasteiger partial charge in [0.1, 0.15) is 5.70 Å². The second-order valence-corrected chi connectivity index (χ2v) is 7.19. The van der Waals surface area contributed by atoms with Gasteiger partial charge in [0.2, 0.25) is 0 Å². The number of carbonyl (C=O) groups excluding carboxylic acids is 1. The Morgan fingerprint density at radius 2 is 1.75 bits per heavy atom. The maximum Gasteiger partial charge on any atom is 0.277 e. The first-order valence-electron chi connectivity index (χ1n) is 8.59. The van der Waals surface area contributed by atoms with Crippen LogP contribution in [-0.4, -0.2) is 48.0 Å². The Hall–Kier alpha value is -1.88. The third-order valence-electron chi connectivity index (χ3n) is 4.95. The minimum Gasteiger partial charge on any atom is -0.378 e. The summed E-state index contributed by atoms with van der Waals surface area (Å²) in [7, 11) is 5.92. The van der Waals surface area contributed by atoms with Crippen molar-refractivity contribution >= 4 is 35.0 Å². The average Bonchev–Trinajstić information content (AvgIpc) is 2.80. The first-order chi connectivity index (χ1) is 11.5. The van der Waals surface area contributed by atoms with Gasteiger partial charge in [0.05, 0.1) is 0 Å². The molecule has 5 heteroatoms. The van der Waals surface area contributed by atoms with E-state index in [9.17, 15) is 4.79 Å². The zero-order valence-corrected chi connectivity index (χ0v) is 15.5. The lowest BCUT2D eigenvalue weighted by molar-refractivity contribution is -0.124. The fraction of sp³-hybridized carbons (Fsp3) is 0.474. The average molecular weight is 343 g/mol. The Balaban J connectivity index is 1.84. The quantitative estimate of drug-likeness (QED) is 0.620. The van der Waals surface area contributed by atoms with Crippen molar-refractivity contribution in [1.29, 1.82) is 0 Å². The van der Waals surface area contributed by atoms with Gasteiger partial charge in [-0.1, -0.05) is 31.4 Å². The molecule has 1 aliphatic heterocycles. The first-order valence-corrected chi connectivity index (χ1v) is 9.00. The van der Waals surface area contributed by atoms with Crippen LogP contribution in [0.5, 0.6) is 0 Å². The van der Waals surface area contributed by atoms with E-state index in [-0.39, 0.29) is 11.9 Å². The molecular formula is C19H25N3OS. The number of anilines is 1. The Morgan fingerprint density at radius 3 is 2.33 bits per heavy atom. The van der Waals surface area contributed by atoms with Crippen LogP contribution in [0.4, 0.5) is 5.69 Å². The molecule has 0 spiro atoms. The van der Waals surface area contributed by atoms with E-state index in [2.05, 4.69) is 17.0 Å². The number of nitrogens with zero attached hydrogens (tertiary/aromatic N) is 3. The van der Waals surface area contributed by atoms with E-state index in [0.29, 0.717) is 10.8 Å². The van der Waals surface area contributed by atoms with Gasteiger partial charge in [-0.15, -0.1) is 0 Å². The topological polar surface area (TPSA) is 26.8 Å². The molecule has 1 heterocycles. The van der Waals surface area contributed by atoms with Crippen LogP contribution in [0, 0.1) is 0 Å². The van der Waals surface area contributed by atoms with E-state index in [4.69, 9.17) is 12.2 Å². The predicted octanol–water partition coefficient (Wildman–Crippen LogP) is 3.49. The molecule has 0 unspecified atom stereocenters. The van der Waals surface area contributed by atoms with Crippen LogP contribution in [0.3, 0.4) is 0 Å². The Kier molecular flexibility index (Phi) is 4.90. The van der Waals surface area contributed by atoms with Gasteiger partial charge >= 0.3 is 0 Å². The predicted molar refractivity (Wildman–Crippen MR) is 103 cm³/mol. The van der Waals surface area contributed by atoms with Gasteiger partial charge in [-0.25, -0.2) is 0 Å². The lowest BCUT2D eigenvalue weighted by Gasteiger charge is -2.30. The Bertz CT molecular complexity index is 660. The van der Waals surface area contributed by atoms with Crippen molar-refractivity contribution in [3.05, 3.63) is 35.5 Å². The monoisotopic (exact) mass is 343 g/mol. The van der Waals surface area contributed by atoms with Gasteiger partial charge in [0, 0.05) is 32.9 Å². The van der Waals surface area contributed by atoms with Crippen LogP contribution in [0.1, 0.15) is 37.7 Å². The number of hydrogen-bond acceptors (Lipinski definition) is 3. The number of thiocarbonyl (C=S) groups is 1. The molecule has 2 aliphatic rings. The lowest BCUT2D eigenvalue weighted by atomic mass is 9.94. The summed E-state index contributed by atoms with van der Waals surface area (Å²) in [5.41, 5.74) is 2.83. The van der Waals surface area contributed by atoms with Gasteiger partial charge < -0.3 is 9.80 Å². The van der Waals surface area contributed by atoms with Crippen molar-refractivity contribution in [2.75, 3.05) is 26.0 Å². The highest BCUT2D eigenvalue weighted by Crippen LogP contribution is 2.30. The van der Waals surface area contributed by atoms with Crippen molar-refractivity contribution in [2.24, 2.45) is 0 Å². The van der Waals surface area contributed by atoms with Crippen molar-refractivity contribution < 1.29 is 4.79 Å². The zero-order chi connectivity index (χ0) is 17.3. The highest BCUT2D eigenvalue weighted by molar-refractivity contribution is 7.80. The van der Waals surface area contributed by atoms with Crippen LogP contribution in [0.2, 0.25) is 0 Å². The summed E-state index contributed by atoms with van der Waals surface area (Å²) in [5, 5.41) is 0.642. The molecular weight excluding hydrogens is 318 g/mol. The number of benzene rings is 1. The summed E-state index contributed by atoms with van der Waals surface area (Å²) >= 11 is 5.55. The van der Waals surface area contributed by atoms with Gasteiger partial charge in [0.25, 0.3) is 5.91 Å². The molecule has 1 amide bonds. The number of likely N-dealkylation sites (N-methyl/N-ethyl adjacent to an activating group) is 1. The molecule has 24 heavy (non-hydrogen) atoms. The summed E-state index contributed by atoms with van der Waals surface area (Å²) in [6, 6.07) is 8.46. The molecule has 1 saturated carbocycles. The molecule has 3 rings (SSSR count).